The minimum Gasteiger partial charge on any atom is -0.493 e. The molecule has 128 valence electrons. The Balaban J connectivity index is 1.52. The molecule has 3 heteroatoms. The second-order valence-corrected chi connectivity index (χ2v) is 6.58. The van der Waals surface area contributed by atoms with E-state index < -0.39 is 0 Å². The molecule has 3 rings (SSSR count). The number of hydrogen-bond acceptors (Lipinski definition) is 3. The Morgan fingerprint density at radius 1 is 0.958 bits per heavy atom. The lowest BCUT2D eigenvalue weighted by Gasteiger charge is -2.35. The zero-order chi connectivity index (χ0) is 16.8. The third-order valence-corrected chi connectivity index (χ3v) is 4.34. The van der Waals surface area contributed by atoms with Crippen molar-refractivity contribution in [3.05, 3.63) is 54.6 Å². The molecule has 1 aliphatic rings. The molecule has 1 fully saturated rings. The van der Waals surface area contributed by atoms with E-state index in [2.05, 4.69) is 61.2 Å². The van der Waals surface area contributed by atoms with Crippen LogP contribution in [0.4, 0.5) is 0 Å². The van der Waals surface area contributed by atoms with E-state index in [1.165, 1.54) is 5.56 Å². The molecule has 0 saturated carbocycles. The highest BCUT2D eigenvalue weighted by Gasteiger charge is 2.21. The Morgan fingerprint density at radius 3 is 2.38 bits per heavy atom. The van der Waals surface area contributed by atoms with E-state index in [-0.39, 0.29) is 0 Å². The van der Waals surface area contributed by atoms with Gasteiger partial charge < -0.3 is 9.47 Å². The van der Waals surface area contributed by atoms with Gasteiger partial charge in [0, 0.05) is 25.2 Å². The second kappa shape index (κ2) is 8.32. The van der Waals surface area contributed by atoms with Gasteiger partial charge in [-0.1, -0.05) is 48.5 Å². The van der Waals surface area contributed by atoms with Crippen LogP contribution < -0.4 is 4.74 Å². The number of ether oxygens (including phenoxy) is 2. The molecule has 0 N–H and O–H groups in total. The van der Waals surface area contributed by atoms with Crippen molar-refractivity contribution in [2.24, 2.45) is 0 Å². The van der Waals surface area contributed by atoms with Gasteiger partial charge in [-0.2, -0.15) is 0 Å². The van der Waals surface area contributed by atoms with Crippen molar-refractivity contribution < 1.29 is 9.47 Å². The Kier molecular flexibility index (Phi) is 5.89. The summed E-state index contributed by atoms with van der Waals surface area (Å²) in [4.78, 5) is 2.48. The van der Waals surface area contributed by atoms with Gasteiger partial charge in [-0.3, -0.25) is 4.90 Å². The van der Waals surface area contributed by atoms with Crippen LogP contribution in [-0.2, 0) is 4.74 Å². The average Bonchev–Trinajstić information content (AvgIpc) is 2.59. The van der Waals surface area contributed by atoms with E-state index >= 15 is 0 Å². The second-order valence-electron chi connectivity index (χ2n) is 6.58. The summed E-state index contributed by atoms with van der Waals surface area (Å²) >= 11 is 0. The molecule has 1 aliphatic heterocycles. The van der Waals surface area contributed by atoms with Gasteiger partial charge in [0.25, 0.3) is 0 Å². The maximum absolute atomic E-state index is 6.08. The summed E-state index contributed by atoms with van der Waals surface area (Å²) in [5, 5.41) is 0. The van der Waals surface area contributed by atoms with Crippen molar-refractivity contribution in [3.8, 4) is 16.9 Å². The van der Waals surface area contributed by atoms with Crippen LogP contribution in [0.25, 0.3) is 11.1 Å². The lowest BCUT2D eigenvalue weighted by molar-refractivity contribution is -0.0686. The van der Waals surface area contributed by atoms with E-state index in [4.69, 9.17) is 9.47 Å². The first-order chi connectivity index (χ1) is 11.7. The van der Waals surface area contributed by atoms with Gasteiger partial charge in [0.1, 0.15) is 5.75 Å². The summed E-state index contributed by atoms with van der Waals surface area (Å²) in [6, 6.07) is 18.7. The molecule has 24 heavy (non-hydrogen) atoms. The number of morpholine rings is 1. The van der Waals surface area contributed by atoms with Crippen molar-refractivity contribution in [2.45, 2.75) is 32.5 Å². The molecule has 0 aromatic heterocycles. The van der Waals surface area contributed by atoms with E-state index in [1.807, 2.05) is 12.1 Å². The van der Waals surface area contributed by atoms with Crippen molar-refractivity contribution in [1.82, 2.24) is 4.90 Å². The molecule has 0 unspecified atom stereocenters. The fourth-order valence-electron chi connectivity index (χ4n) is 3.39. The van der Waals surface area contributed by atoms with Gasteiger partial charge in [0.2, 0.25) is 0 Å². The summed E-state index contributed by atoms with van der Waals surface area (Å²) in [6.45, 7) is 8.13. The highest BCUT2D eigenvalue weighted by atomic mass is 16.5. The summed E-state index contributed by atoms with van der Waals surface area (Å²) in [5.41, 5.74) is 2.36. The van der Waals surface area contributed by atoms with E-state index in [1.54, 1.807) is 0 Å². The number of nitrogens with zero attached hydrogens (tertiary/aromatic N) is 1. The molecule has 1 heterocycles. The number of rotatable bonds is 6. The predicted molar refractivity (Wildman–Crippen MR) is 98.4 cm³/mol. The first-order valence-corrected chi connectivity index (χ1v) is 8.87. The van der Waals surface area contributed by atoms with Crippen molar-refractivity contribution >= 4 is 0 Å². The SMILES string of the molecule is C[C@H]1CN(CCCOc2ccccc2-c2ccccc2)C[C@H](C)O1. The highest BCUT2D eigenvalue weighted by molar-refractivity contribution is 5.70. The minimum atomic E-state index is 0.327. The molecule has 1 saturated heterocycles. The first kappa shape index (κ1) is 17.0. The normalized spacial score (nSPS) is 21.6. The Labute approximate surface area is 145 Å². The van der Waals surface area contributed by atoms with Gasteiger partial charge in [-0.25, -0.2) is 0 Å². The third kappa shape index (κ3) is 4.59. The van der Waals surface area contributed by atoms with E-state index in [9.17, 15) is 0 Å². The maximum atomic E-state index is 6.08. The largest absolute Gasteiger partial charge is 0.493 e. The third-order valence-electron chi connectivity index (χ3n) is 4.34. The Morgan fingerprint density at radius 2 is 1.62 bits per heavy atom. The Bertz CT molecular complexity index is 619. The van der Waals surface area contributed by atoms with Crippen LogP contribution >= 0.6 is 0 Å². The summed E-state index contributed by atoms with van der Waals surface area (Å²) in [7, 11) is 0. The molecule has 3 nitrogen and oxygen atoms in total. The smallest absolute Gasteiger partial charge is 0.127 e. The molecule has 2 aromatic rings. The monoisotopic (exact) mass is 325 g/mol. The molecule has 0 amide bonds. The molecule has 0 bridgehead atoms. The van der Waals surface area contributed by atoms with Crippen LogP contribution in [-0.4, -0.2) is 43.3 Å². The topological polar surface area (TPSA) is 21.7 Å². The van der Waals surface area contributed by atoms with Gasteiger partial charge in [0.05, 0.1) is 18.8 Å². The molecule has 0 spiro atoms. The highest BCUT2D eigenvalue weighted by Crippen LogP contribution is 2.29. The van der Waals surface area contributed by atoms with Crippen LogP contribution in [0.2, 0.25) is 0 Å². The molecule has 2 atom stereocenters. The van der Waals surface area contributed by atoms with Crippen molar-refractivity contribution in [1.29, 1.82) is 0 Å². The summed E-state index contributed by atoms with van der Waals surface area (Å²) in [6.07, 6.45) is 1.68. The fraction of sp³-hybridized carbons (Fsp3) is 0.429. The first-order valence-electron chi connectivity index (χ1n) is 8.87. The van der Waals surface area contributed by atoms with Crippen LogP contribution in [0.5, 0.6) is 5.75 Å². The van der Waals surface area contributed by atoms with Crippen molar-refractivity contribution in [3.63, 3.8) is 0 Å². The number of para-hydroxylation sites is 1. The number of hydrogen-bond donors (Lipinski definition) is 0. The lowest BCUT2D eigenvalue weighted by Crippen LogP contribution is -2.45. The van der Waals surface area contributed by atoms with Gasteiger partial charge in [-0.05, 0) is 31.9 Å². The number of benzene rings is 2. The van der Waals surface area contributed by atoms with Crippen LogP contribution in [0.3, 0.4) is 0 Å². The lowest BCUT2D eigenvalue weighted by atomic mass is 10.1. The summed E-state index contributed by atoms with van der Waals surface area (Å²) < 4.78 is 11.9. The molecule has 0 radical (unpaired) electrons. The molecular weight excluding hydrogens is 298 g/mol. The Hall–Kier alpha value is -1.84. The minimum absolute atomic E-state index is 0.327. The zero-order valence-corrected chi connectivity index (χ0v) is 14.7. The quantitative estimate of drug-likeness (QED) is 0.742. The zero-order valence-electron chi connectivity index (χ0n) is 14.7. The molecule has 0 aliphatic carbocycles. The standard InChI is InChI=1S/C21H27NO2/c1-17-15-22(16-18(2)24-17)13-8-14-23-21-12-7-6-11-20(21)19-9-4-3-5-10-19/h3-7,9-12,17-18H,8,13-16H2,1-2H3/t17-,18-/m0/s1. The van der Waals surface area contributed by atoms with Crippen LogP contribution in [0.1, 0.15) is 20.3 Å². The summed E-state index contributed by atoms with van der Waals surface area (Å²) in [5.74, 6) is 0.965. The molecular formula is C21H27NO2. The van der Waals surface area contributed by atoms with Gasteiger partial charge in [0.15, 0.2) is 0 Å². The van der Waals surface area contributed by atoms with Crippen molar-refractivity contribution in [2.75, 3.05) is 26.2 Å². The predicted octanol–water partition coefficient (Wildman–Crippen LogP) is 4.23. The average molecular weight is 325 g/mol. The van der Waals surface area contributed by atoms with Gasteiger partial charge in [-0.15, -0.1) is 0 Å². The van der Waals surface area contributed by atoms with E-state index in [0.29, 0.717) is 12.2 Å². The maximum Gasteiger partial charge on any atom is 0.127 e. The van der Waals surface area contributed by atoms with Crippen LogP contribution in [0.15, 0.2) is 54.6 Å². The van der Waals surface area contributed by atoms with E-state index in [0.717, 1.165) is 44.0 Å². The fourth-order valence-corrected chi connectivity index (χ4v) is 3.39. The van der Waals surface area contributed by atoms with Crippen LogP contribution in [0, 0.1) is 0 Å². The van der Waals surface area contributed by atoms with Gasteiger partial charge >= 0.3 is 0 Å². The molecule has 2 aromatic carbocycles.